The molecular formula is C30H28FN7O4. The standard InChI is InChI=1S/C30H28FN7O4/c1-2-42-27-17-26(30(41)32-22(16-28(39)40)14-19-8-4-3-5-9-19)35-38(27)18-21-13-12-20(15-25(21)31)23-10-6-7-11-24(23)29-33-36-37-34-29/h3-13,15,17,22H,2,14,16,18H2,1H3,(H,32,41)(H,39,40)(H,33,34,36,37)/t22-/m1/s1. The molecule has 3 N–H and O–H groups in total. The summed E-state index contributed by atoms with van der Waals surface area (Å²) in [6.07, 6.45) is 0.0817. The van der Waals surface area contributed by atoms with E-state index in [2.05, 4.69) is 31.0 Å². The number of benzene rings is 3. The minimum absolute atomic E-state index is 0.00375. The maximum Gasteiger partial charge on any atom is 0.305 e. The Morgan fingerprint density at radius 3 is 2.50 bits per heavy atom. The van der Waals surface area contributed by atoms with Gasteiger partial charge in [0.05, 0.1) is 19.6 Å². The summed E-state index contributed by atoms with van der Waals surface area (Å²) in [5.74, 6) is -1.37. The Balaban J connectivity index is 1.36. The van der Waals surface area contributed by atoms with Gasteiger partial charge < -0.3 is 15.2 Å². The van der Waals surface area contributed by atoms with Gasteiger partial charge in [0.1, 0.15) is 5.82 Å². The fourth-order valence-corrected chi connectivity index (χ4v) is 4.64. The first-order valence-electron chi connectivity index (χ1n) is 13.3. The number of carboxylic acid groups (broad SMARTS) is 1. The number of nitrogens with zero attached hydrogens (tertiary/aromatic N) is 5. The number of carboxylic acids is 1. The highest BCUT2D eigenvalue weighted by Gasteiger charge is 2.22. The van der Waals surface area contributed by atoms with Gasteiger partial charge in [-0.3, -0.25) is 9.59 Å². The summed E-state index contributed by atoms with van der Waals surface area (Å²) in [5.41, 5.74) is 3.33. The van der Waals surface area contributed by atoms with E-state index in [0.29, 0.717) is 35.5 Å². The van der Waals surface area contributed by atoms with E-state index in [0.717, 1.165) is 11.1 Å². The highest BCUT2D eigenvalue weighted by molar-refractivity contribution is 5.93. The lowest BCUT2D eigenvalue weighted by molar-refractivity contribution is -0.137. The first kappa shape index (κ1) is 28.1. The van der Waals surface area contributed by atoms with Crippen molar-refractivity contribution in [2.24, 2.45) is 0 Å². The van der Waals surface area contributed by atoms with Crippen molar-refractivity contribution < 1.29 is 23.8 Å². The van der Waals surface area contributed by atoms with Gasteiger partial charge in [-0.15, -0.1) is 10.2 Å². The Kier molecular flexibility index (Phi) is 8.61. The first-order chi connectivity index (χ1) is 20.4. The number of aliphatic carboxylic acids is 1. The van der Waals surface area contributed by atoms with E-state index >= 15 is 4.39 Å². The second-order valence-corrected chi connectivity index (χ2v) is 9.50. The van der Waals surface area contributed by atoms with Crippen molar-refractivity contribution in [2.75, 3.05) is 6.61 Å². The smallest absolute Gasteiger partial charge is 0.305 e. The van der Waals surface area contributed by atoms with Gasteiger partial charge in [-0.1, -0.05) is 66.7 Å². The van der Waals surface area contributed by atoms with Crippen LogP contribution in [0.3, 0.4) is 0 Å². The van der Waals surface area contributed by atoms with Gasteiger partial charge in [-0.25, -0.2) is 9.07 Å². The normalized spacial score (nSPS) is 11.7. The number of aromatic amines is 1. The Labute approximate surface area is 240 Å². The van der Waals surface area contributed by atoms with Crippen molar-refractivity contribution in [3.63, 3.8) is 0 Å². The molecule has 0 saturated heterocycles. The molecular weight excluding hydrogens is 541 g/mol. The van der Waals surface area contributed by atoms with Crippen LogP contribution >= 0.6 is 0 Å². The average Bonchev–Trinajstić information content (AvgIpc) is 3.65. The number of tetrazole rings is 1. The number of halogens is 1. The molecule has 12 heteroatoms. The molecule has 5 rings (SSSR count). The molecule has 3 aromatic carbocycles. The van der Waals surface area contributed by atoms with Gasteiger partial charge in [0.2, 0.25) is 11.7 Å². The van der Waals surface area contributed by atoms with Gasteiger partial charge in [-0.05, 0) is 41.3 Å². The molecule has 1 atom stereocenters. The van der Waals surface area contributed by atoms with Crippen LogP contribution < -0.4 is 10.1 Å². The number of H-pyrrole nitrogens is 1. The summed E-state index contributed by atoms with van der Waals surface area (Å²) in [5, 5.41) is 30.6. The quantitative estimate of drug-likeness (QED) is 0.203. The second kappa shape index (κ2) is 12.9. The number of carbonyl (C=O) groups excluding carboxylic acids is 1. The summed E-state index contributed by atoms with van der Waals surface area (Å²) >= 11 is 0. The predicted octanol–water partition coefficient (Wildman–Crippen LogP) is 4.13. The summed E-state index contributed by atoms with van der Waals surface area (Å²) in [6, 6.07) is 22.3. The van der Waals surface area contributed by atoms with Crippen LogP contribution in [0, 0.1) is 5.82 Å². The van der Waals surface area contributed by atoms with Gasteiger partial charge >= 0.3 is 5.97 Å². The second-order valence-electron chi connectivity index (χ2n) is 9.50. The van der Waals surface area contributed by atoms with Gasteiger partial charge in [-0.2, -0.15) is 10.3 Å². The summed E-state index contributed by atoms with van der Waals surface area (Å²) in [6.45, 7) is 2.09. The van der Waals surface area contributed by atoms with E-state index in [-0.39, 0.29) is 24.5 Å². The fraction of sp³-hybridized carbons (Fsp3) is 0.200. The number of amides is 1. The lowest BCUT2D eigenvalue weighted by Gasteiger charge is -2.16. The molecule has 0 aliphatic heterocycles. The van der Waals surface area contributed by atoms with Crippen LogP contribution in [0.15, 0.2) is 78.9 Å². The van der Waals surface area contributed by atoms with Crippen LogP contribution in [-0.4, -0.2) is 60.0 Å². The van der Waals surface area contributed by atoms with Crippen LogP contribution in [-0.2, 0) is 17.8 Å². The fourth-order valence-electron chi connectivity index (χ4n) is 4.64. The number of aromatic nitrogens is 6. The summed E-state index contributed by atoms with van der Waals surface area (Å²) in [4.78, 5) is 24.6. The molecule has 2 heterocycles. The number of rotatable bonds is 12. The molecule has 0 fully saturated rings. The number of carbonyl (C=O) groups is 2. The molecule has 214 valence electrons. The van der Waals surface area contributed by atoms with Crippen LogP contribution in [0.1, 0.15) is 35.0 Å². The van der Waals surface area contributed by atoms with E-state index in [1.165, 1.54) is 16.8 Å². The Morgan fingerprint density at radius 2 is 1.81 bits per heavy atom. The number of hydrogen-bond donors (Lipinski definition) is 3. The lowest BCUT2D eigenvalue weighted by Crippen LogP contribution is -2.38. The van der Waals surface area contributed by atoms with Crippen molar-refractivity contribution in [1.82, 2.24) is 35.7 Å². The maximum atomic E-state index is 15.4. The zero-order chi connectivity index (χ0) is 29.5. The van der Waals surface area contributed by atoms with E-state index in [1.54, 1.807) is 19.1 Å². The maximum absolute atomic E-state index is 15.4. The van der Waals surface area contributed by atoms with Gasteiger partial charge in [0.15, 0.2) is 5.69 Å². The van der Waals surface area contributed by atoms with E-state index in [1.807, 2.05) is 54.6 Å². The molecule has 2 aromatic heterocycles. The van der Waals surface area contributed by atoms with Crippen molar-refractivity contribution in [2.45, 2.75) is 32.4 Å². The van der Waals surface area contributed by atoms with Crippen molar-refractivity contribution in [1.29, 1.82) is 0 Å². The average molecular weight is 570 g/mol. The minimum Gasteiger partial charge on any atom is -0.481 e. The molecule has 11 nitrogen and oxygen atoms in total. The summed E-state index contributed by atoms with van der Waals surface area (Å²) < 4.78 is 22.5. The lowest BCUT2D eigenvalue weighted by atomic mass is 9.98. The van der Waals surface area contributed by atoms with E-state index < -0.39 is 23.7 Å². The molecule has 42 heavy (non-hydrogen) atoms. The van der Waals surface area contributed by atoms with Crippen LogP contribution in [0.25, 0.3) is 22.5 Å². The SMILES string of the molecule is CCOc1cc(C(=O)N[C@@H](CC(=O)O)Cc2ccccc2)nn1Cc1ccc(-c2ccccc2-c2nn[nH]n2)cc1F. The Hall–Kier alpha value is -5.39. The Morgan fingerprint density at radius 1 is 1.05 bits per heavy atom. The van der Waals surface area contributed by atoms with E-state index in [9.17, 15) is 14.7 Å². The third-order valence-corrected chi connectivity index (χ3v) is 6.55. The molecule has 0 unspecified atom stereocenters. The minimum atomic E-state index is -1.03. The highest BCUT2D eigenvalue weighted by atomic mass is 19.1. The molecule has 5 aromatic rings. The zero-order valence-electron chi connectivity index (χ0n) is 22.7. The van der Waals surface area contributed by atoms with Gasteiger partial charge in [0, 0.05) is 23.2 Å². The topological polar surface area (TPSA) is 148 Å². The molecule has 0 radical (unpaired) electrons. The zero-order valence-corrected chi connectivity index (χ0v) is 22.7. The van der Waals surface area contributed by atoms with Crippen molar-refractivity contribution >= 4 is 11.9 Å². The molecule has 0 aliphatic carbocycles. The number of nitrogens with one attached hydrogen (secondary N) is 2. The molecule has 0 saturated carbocycles. The first-order valence-corrected chi connectivity index (χ1v) is 13.3. The molecule has 0 aliphatic rings. The Bertz CT molecular complexity index is 1670. The monoisotopic (exact) mass is 569 g/mol. The van der Waals surface area contributed by atoms with Crippen LogP contribution in [0.5, 0.6) is 5.88 Å². The van der Waals surface area contributed by atoms with Crippen molar-refractivity contribution in [3.8, 4) is 28.4 Å². The largest absolute Gasteiger partial charge is 0.481 e. The predicted molar refractivity (Wildman–Crippen MR) is 151 cm³/mol. The van der Waals surface area contributed by atoms with Gasteiger partial charge in [0.25, 0.3) is 5.91 Å². The van der Waals surface area contributed by atoms with Crippen LogP contribution in [0.4, 0.5) is 4.39 Å². The van der Waals surface area contributed by atoms with E-state index in [4.69, 9.17) is 4.74 Å². The summed E-state index contributed by atoms with van der Waals surface area (Å²) in [7, 11) is 0. The van der Waals surface area contributed by atoms with Crippen molar-refractivity contribution in [3.05, 3.63) is 102 Å². The highest BCUT2D eigenvalue weighted by Crippen LogP contribution is 2.31. The third kappa shape index (κ3) is 6.66. The molecule has 1 amide bonds. The number of ether oxygens (including phenoxy) is 1. The third-order valence-electron chi connectivity index (χ3n) is 6.55. The van der Waals surface area contributed by atoms with Crippen LogP contribution in [0.2, 0.25) is 0 Å². The molecule has 0 bridgehead atoms. The number of hydrogen-bond acceptors (Lipinski definition) is 7. The molecule has 0 spiro atoms.